The predicted molar refractivity (Wildman–Crippen MR) is 57.5 cm³/mol. The Hall–Kier alpha value is -2.16. The fraction of sp³-hybridized carbons (Fsp3) is 0. The first-order chi connectivity index (χ1) is 7.36. The van der Waals surface area contributed by atoms with Gasteiger partial charge >= 0.3 is 0 Å². The van der Waals surface area contributed by atoms with Crippen molar-refractivity contribution in [1.29, 1.82) is 0 Å². The lowest BCUT2D eigenvalue weighted by molar-refractivity contribution is 0.102. The number of rotatable bonds is 2. The van der Waals surface area contributed by atoms with Crippen LogP contribution in [0.5, 0.6) is 0 Å². The molecule has 15 heavy (non-hydrogen) atoms. The number of benzene rings is 1. The summed E-state index contributed by atoms with van der Waals surface area (Å²) in [5, 5.41) is 2.69. The second-order valence-corrected chi connectivity index (χ2v) is 2.96. The second kappa shape index (κ2) is 4.37. The number of aromatic nitrogens is 1. The summed E-state index contributed by atoms with van der Waals surface area (Å²) in [5.41, 5.74) is 0.618. The minimum Gasteiger partial charge on any atom is -0.307 e. The summed E-state index contributed by atoms with van der Waals surface area (Å²) in [6.07, 6.45) is 1.51. The molecule has 0 atom stereocenters. The first kappa shape index (κ1) is 9.40. The lowest BCUT2D eigenvalue weighted by atomic mass is 10.2. The van der Waals surface area contributed by atoms with Gasteiger partial charge in [-0.15, -0.1) is 0 Å². The maximum absolute atomic E-state index is 11.7. The number of nitrogens with zero attached hydrogens (tertiary/aromatic N) is 1. The highest BCUT2D eigenvalue weighted by Gasteiger charge is 2.04. The van der Waals surface area contributed by atoms with Gasteiger partial charge in [-0.2, -0.15) is 0 Å². The number of hydrogen-bond donors (Lipinski definition) is 1. The van der Waals surface area contributed by atoms with Crippen molar-refractivity contribution in [2.45, 2.75) is 0 Å². The average Bonchev–Trinajstić information content (AvgIpc) is 2.31. The minimum atomic E-state index is -0.158. The van der Waals surface area contributed by atoms with Crippen LogP contribution in [0.4, 0.5) is 5.82 Å². The normalized spacial score (nSPS) is 9.60. The van der Waals surface area contributed by atoms with Gasteiger partial charge in [-0.1, -0.05) is 18.2 Å². The van der Waals surface area contributed by atoms with Gasteiger partial charge in [0.2, 0.25) is 0 Å². The van der Waals surface area contributed by atoms with E-state index in [9.17, 15) is 4.79 Å². The molecule has 0 fully saturated rings. The lowest BCUT2D eigenvalue weighted by Gasteiger charge is -2.02. The van der Waals surface area contributed by atoms with E-state index in [1.807, 2.05) is 18.2 Å². The summed E-state index contributed by atoms with van der Waals surface area (Å²) in [6.45, 7) is 0. The largest absolute Gasteiger partial charge is 0.307 e. The van der Waals surface area contributed by atoms with Crippen molar-refractivity contribution in [1.82, 2.24) is 4.98 Å². The van der Waals surface area contributed by atoms with E-state index < -0.39 is 0 Å². The molecule has 1 radical (unpaired) electrons. The number of pyridine rings is 1. The smallest absolute Gasteiger partial charge is 0.256 e. The van der Waals surface area contributed by atoms with Crippen molar-refractivity contribution in [3.05, 3.63) is 60.3 Å². The Morgan fingerprint density at radius 1 is 1.20 bits per heavy atom. The van der Waals surface area contributed by atoms with Gasteiger partial charge < -0.3 is 5.32 Å². The highest BCUT2D eigenvalue weighted by atomic mass is 16.1. The first-order valence-electron chi connectivity index (χ1n) is 4.55. The Bertz CT molecular complexity index is 440. The molecule has 0 aliphatic rings. The summed E-state index contributed by atoms with van der Waals surface area (Å²) in [4.78, 5) is 15.6. The van der Waals surface area contributed by atoms with Crippen LogP contribution in [-0.2, 0) is 0 Å². The van der Waals surface area contributed by atoms with E-state index in [4.69, 9.17) is 0 Å². The van der Waals surface area contributed by atoms with E-state index in [-0.39, 0.29) is 5.91 Å². The van der Waals surface area contributed by atoms with E-state index in [0.29, 0.717) is 11.4 Å². The number of carbonyl (C=O) groups is 1. The summed E-state index contributed by atoms with van der Waals surface area (Å²) in [6, 6.07) is 15.2. The third-order valence-corrected chi connectivity index (χ3v) is 1.89. The molecule has 1 aromatic carbocycles. The fourth-order valence-electron chi connectivity index (χ4n) is 1.17. The topological polar surface area (TPSA) is 42.0 Å². The molecule has 1 aromatic heterocycles. The van der Waals surface area contributed by atoms with E-state index in [1.54, 1.807) is 24.3 Å². The molecule has 1 heterocycles. The van der Waals surface area contributed by atoms with Crippen LogP contribution in [-0.4, -0.2) is 10.9 Å². The molecule has 73 valence electrons. The standard InChI is InChI=1S/C12H9N2O/c15-12(10-6-2-1-3-7-10)14-11-8-4-5-9-13-11/h1-4,6-9H,(H,13,14,15). The molecule has 0 spiro atoms. The third-order valence-electron chi connectivity index (χ3n) is 1.89. The van der Waals surface area contributed by atoms with Crippen molar-refractivity contribution in [2.75, 3.05) is 5.32 Å². The van der Waals surface area contributed by atoms with Gasteiger partial charge in [0.1, 0.15) is 5.82 Å². The van der Waals surface area contributed by atoms with Crippen LogP contribution in [0.3, 0.4) is 0 Å². The first-order valence-corrected chi connectivity index (χ1v) is 4.55. The van der Waals surface area contributed by atoms with Crippen molar-refractivity contribution >= 4 is 11.7 Å². The maximum Gasteiger partial charge on any atom is 0.256 e. The van der Waals surface area contributed by atoms with Crippen molar-refractivity contribution in [3.63, 3.8) is 0 Å². The van der Waals surface area contributed by atoms with Crippen LogP contribution >= 0.6 is 0 Å². The molecule has 0 bridgehead atoms. The monoisotopic (exact) mass is 197 g/mol. The molecule has 3 heteroatoms. The number of amides is 1. The number of nitrogens with one attached hydrogen (secondary N) is 1. The molecular formula is C12H9N2O. The van der Waals surface area contributed by atoms with Gasteiger partial charge in [0, 0.05) is 17.8 Å². The summed E-state index contributed by atoms with van der Waals surface area (Å²) < 4.78 is 0. The van der Waals surface area contributed by atoms with Crippen LogP contribution in [0.1, 0.15) is 10.4 Å². The van der Waals surface area contributed by atoms with E-state index >= 15 is 0 Å². The van der Waals surface area contributed by atoms with Gasteiger partial charge in [0.05, 0.1) is 0 Å². The fourth-order valence-corrected chi connectivity index (χ4v) is 1.17. The highest BCUT2D eigenvalue weighted by Crippen LogP contribution is 2.04. The molecule has 0 unspecified atom stereocenters. The van der Waals surface area contributed by atoms with Crippen molar-refractivity contribution < 1.29 is 4.79 Å². The highest BCUT2D eigenvalue weighted by molar-refractivity contribution is 6.03. The van der Waals surface area contributed by atoms with Crippen LogP contribution in [0.15, 0.2) is 48.7 Å². The Kier molecular flexibility index (Phi) is 2.74. The number of carbonyl (C=O) groups excluding carboxylic acids is 1. The lowest BCUT2D eigenvalue weighted by Crippen LogP contribution is -2.12. The molecule has 0 saturated carbocycles. The van der Waals surface area contributed by atoms with Gasteiger partial charge in [-0.05, 0) is 24.3 Å². The van der Waals surface area contributed by atoms with Gasteiger partial charge in [-0.25, -0.2) is 4.98 Å². The summed E-state index contributed by atoms with van der Waals surface area (Å²) in [7, 11) is 0. The van der Waals surface area contributed by atoms with E-state index in [1.165, 1.54) is 6.20 Å². The molecule has 2 aromatic rings. The minimum absolute atomic E-state index is 0.158. The number of anilines is 1. The Balaban J connectivity index is 2.12. The van der Waals surface area contributed by atoms with Crippen molar-refractivity contribution in [3.8, 4) is 0 Å². The maximum atomic E-state index is 11.7. The molecule has 2 rings (SSSR count). The molecule has 1 amide bonds. The van der Waals surface area contributed by atoms with Crippen LogP contribution < -0.4 is 5.32 Å². The number of hydrogen-bond acceptors (Lipinski definition) is 2. The molecule has 3 nitrogen and oxygen atoms in total. The zero-order chi connectivity index (χ0) is 10.5. The van der Waals surface area contributed by atoms with Gasteiger partial charge in [-0.3, -0.25) is 4.79 Å². The Morgan fingerprint density at radius 2 is 2.00 bits per heavy atom. The molecule has 1 N–H and O–H groups in total. The second-order valence-electron chi connectivity index (χ2n) is 2.96. The molecular weight excluding hydrogens is 188 g/mol. The van der Waals surface area contributed by atoms with E-state index in [2.05, 4.69) is 16.4 Å². The Labute approximate surface area is 87.8 Å². The third kappa shape index (κ3) is 2.40. The Morgan fingerprint density at radius 3 is 2.67 bits per heavy atom. The zero-order valence-corrected chi connectivity index (χ0v) is 7.97. The summed E-state index contributed by atoms with van der Waals surface area (Å²) >= 11 is 0. The van der Waals surface area contributed by atoms with Crippen LogP contribution in [0, 0.1) is 6.07 Å². The predicted octanol–water partition coefficient (Wildman–Crippen LogP) is 2.13. The van der Waals surface area contributed by atoms with Crippen LogP contribution in [0.2, 0.25) is 0 Å². The molecule has 0 saturated heterocycles. The molecule has 0 aliphatic carbocycles. The zero-order valence-electron chi connectivity index (χ0n) is 7.97. The molecule has 0 aliphatic heterocycles. The van der Waals surface area contributed by atoms with Crippen molar-refractivity contribution in [2.24, 2.45) is 0 Å². The summed E-state index contributed by atoms with van der Waals surface area (Å²) in [5.74, 6) is 0.372. The van der Waals surface area contributed by atoms with Crippen LogP contribution in [0.25, 0.3) is 0 Å². The van der Waals surface area contributed by atoms with Gasteiger partial charge in [0.25, 0.3) is 5.91 Å². The SMILES string of the molecule is O=C(Nc1cc[c]cn1)c1ccccc1. The van der Waals surface area contributed by atoms with E-state index in [0.717, 1.165) is 0 Å². The van der Waals surface area contributed by atoms with Gasteiger partial charge in [0.15, 0.2) is 0 Å². The average molecular weight is 197 g/mol. The quantitative estimate of drug-likeness (QED) is 0.801.